The van der Waals surface area contributed by atoms with Crippen molar-refractivity contribution in [3.63, 3.8) is 0 Å². The van der Waals surface area contributed by atoms with Crippen LogP contribution in [-0.2, 0) is 9.53 Å². The topological polar surface area (TPSA) is 95.5 Å². The molecule has 2 N–H and O–H groups in total. The number of nitrogens with one attached hydrogen (secondary N) is 1. The molecule has 0 saturated carbocycles. The smallest absolute Gasteiger partial charge is 0.334 e. The molecule has 1 aromatic heterocycles. The largest absolute Gasteiger partial charge is 0.479 e. The molecular weight excluding hydrogens is 378 g/mol. The maximum Gasteiger partial charge on any atom is 0.334 e. The van der Waals surface area contributed by atoms with E-state index in [1.807, 2.05) is 24.3 Å². The Hall–Kier alpha value is -2.19. The number of carboxylic acids is 1. The van der Waals surface area contributed by atoms with Gasteiger partial charge in [0.2, 0.25) is 0 Å². The number of ether oxygens (including phenoxy) is 1. The number of morpholine rings is 1. The van der Waals surface area contributed by atoms with E-state index in [1.54, 1.807) is 13.0 Å². The third kappa shape index (κ3) is 3.49. The molecule has 1 unspecified atom stereocenters. The van der Waals surface area contributed by atoms with Gasteiger partial charge in [-0.25, -0.2) is 4.79 Å². The number of carbonyl (C=O) groups excluding carboxylic acids is 1. The summed E-state index contributed by atoms with van der Waals surface area (Å²) in [6.45, 7) is 2.11. The summed E-state index contributed by atoms with van der Waals surface area (Å²) in [5.41, 5.74) is 1.86. The van der Waals surface area contributed by atoms with Crippen LogP contribution < -0.4 is 0 Å². The summed E-state index contributed by atoms with van der Waals surface area (Å²) in [4.78, 5) is 25.2. The molecule has 7 nitrogen and oxygen atoms in total. The molecule has 1 saturated heterocycles. The second-order valence-corrected chi connectivity index (χ2v) is 6.57. The van der Waals surface area contributed by atoms with E-state index in [1.165, 1.54) is 4.90 Å². The van der Waals surface area contributed by atoms with Gasteiger partial charge in [-0.2, -0.15) is 5.10 Å². The number of hydrogen-bond donors (Lipinski definition) is 2. The summed E-state index contributed by atoms with van der Waals surface area (Å²) in [5, 5.41) is 16.0. The van der Waals surface area contributed by atoms with Gasteiger partial charge in [-0.05, 0) is 25.1 Å². The molecule has 1 aromatic carbocycles. The van der Waals surface area contributed by atoms with Crippen molar-refractivity contribution in [1.29, 1.82) is 0 Å². The van der Waals surface area contributed by atoms with Crippen molar-refractivity contribution in [2.45, 2.75) is 19.1 Å². The first-order chi connectivity index (χ1) is 11.4. The molecule has 3 rings (SSSR count). The Morgan fingerprint density at radius 2 is 2.04 bits per heavy atom. The molecule has 2 atom stereocenters. The van der Waals surface area contributed by atoms with Crippen LogP contribution in [0.1, 0.15) is 17.4 Å². The molecule has 1 aliphatic heterocycles. The van der Waals surface area contributed by atoms with Crippen LogP contribution in [0.25, 0.3) is 11.3 Å². The van der Waals surface area contributed by atoms with E-state index in [0.29, 0.717) is 17.9 Å². The predicted octanol–water partition coefficient (Wildman–Crippen LogP) is 2.15. The van der Waals surface area contributed by atoms with E-state index in [4.69, 9.17) is 9.84 Å². The second-order valence-electron chi connectivity index (χ2n) is 5.66. The quantitative estimate of drug-likeness (QED) is 0.832. The molecule has 2 aromatic rings. The minimum absolute atomic E-state index is 0.0190. The Morgan fingerprint density at radius 1 is 1.33 bits per heavy atom. The lowest BCUT2D eigenvalue weighted by Crippen LogP contribution is -2.51. The Labute approximate surface area is 146 Å². The highest BCUT2D eigenvalue weighted by Crippen LogP contribution is 2.21. The van der Waals surface area contributed by atoms with Crippen molar-refractivity contribution >= 4 is 27.8 Å². The number of aromatic amines is 1. The monoisotopic (exact) mass is 393 g/mol. The second kappa shape index (κ2) is 6.74. The molecule has 126 valence electrons. The zero-order valence-corrected chi connectivity index (χ0v) is 14.5. The zero-order chi connectivity index (χ0) is 17.3. The van der Waals surface area contributed by atoms with Crippen molar-refractivity contribution < 1.29 is 19.4 Å². The Kier molecular flexibility index (Phi) is 4.68. The van der Waals surface area contributed by atoms with Gasteiger partial charge in [0.15, 0.2) is 6.10 Å². The van der Waals surface area contributed by atoms with Gasteiger partial charge in [0.1, 0.15) is 5.69 Å². The molecular formula is C16H16BrN3O4. The van der Waals surface area contributed by atoms with Gasteiger partial charge in [0, 0.05) is 16.6 Å². The fourth-order valence-electron chi connectivity index (χ4n) is 2.62. The molecule has 1 amide bonds. The number of benzene rings is 1. The van der Waals surface area contributed by atoms with Crippen molar-refractivity contribution in [2.75, 3.05) is 13.1 Å². The van der Waals surface area contributed by atoms with E-state index >= 15 is 0 Å². The Balaban J connectivity index is 1.78. The average molecular weight is 394 g/mol. The summed E-state index contributed by atoms with van der Waals surface area (Å²) in [7, 11) is 0. The number of carboxylic acid groups (broad SMARTS) is 1. The van der Waals surface area contributed by atoms with Crippen molar-refractivity contribution in [3.05, 3.63) is 40.5 Å². The summed E-state index contributed by atoms with van der Waals surface area (Å²) in [6.07, 6.45) is -1.34. The molecule has 0 spiro atoms. The predicted molar refractivity (Wildman–Crippen MR) is 89.6 cm³/mol. The van der Waals surface area contributed by atoms with Crippen LogP contribution in [0.2, 0.25) is 0 Å². The SMILES string of the molecule is C[C@@H]1CN(C(=O)c2cc(-c3ccc(Br)cc3)n[nH]2)CC(C(=O)O)O1. The molecule has 0 radical (unpaired) electrons. The third-order valence-corrected chi connectivity index (χ3v) is 4.30. The van der Waals surface area contributed by atoms with E-state index < -0.39 is 12.1 Å². The number of carbonyl (C=O) groups is 2. The lowest BCUT2D eigenvalue weighted by molar-refractivity contribution is -0.160. The average Bonchev–Trinajstić information content (AvgIpc) is 3.04. The first-order valence-electron chi connectivity index (χ1n) is 7.43. The molecule has 2 heterocycles. The van der Waals surface area contributed by atoms with Crippen LogP contribution in [0, 0.1) is 0 Å². The number of hydrogen-bond acceptors (Lipinski definition) is 4. The zero-order valence-electron chi connectivity index (χ0n) is 12.9. The minimum Gasteiger partial charge on any atom is -0.479 e. The number of rotatable bonds is 3. The van der Waals surface area contributed by atoms with Gasteiger partial charge in [0.05, 0.1) is 18.3 Å². The first-order valence-corrected chi connectivity index (χ1v) is 8.22. The highest BCUT2D eigenvalue weighted by molar-refractivity contribution is 9.10. The van der Waals surface area contributed by atoms with Crippen molar-refractivity contribution in [2.24, 2.45) is 0 Å². The standard InChI is InChI=1S/C16H16BrN3O4/c1-9-7-20(8-14(24-9)16(22)23)15(21)13-6-12(18-19-13)10-2-4-11(17)5-3-10/h2-6,9,14H,7-8H2,1H3,(H,18,19)(H,22,23)/t9-,14?/m1/s1. The first kappa shape index (κ1) is 16.7. The molecule has 8 heteroatoms. The summed E-state index contributed by atoms with van der Waals surface area (Å²) < 4.78 is 6.28. The Bertz CT molecular complexity index is 759. The molecule has 24 heavy (non-hydrogen) atoms. The number of nitrogens with zero attached hydrogens (tertiary/aromatic N) is 2. The van der Waals surface area contributed by atoms with Crippen LogP contribution in [0.3, 0.4) is 0 Å². The number of amides is 1. The van der Waals surface area contributed by atoms with Crippen LogP contribution in [0.4, 0.5) is 0 Å². The number of H-pyrrole nitrogens is 1. The van der Waals surface area contributed by atoms with Gasteiger partial charge in [-0.3, -0.25) is 9.89 Å². The molecule has 0 bridgehead atoms. The van der Waals surface area contributed by atoms with E-state index in [2.05, 4.69) is 26.1 Å². The van der Waals surface area contributed by atoms with Crippen LogP contribution in [0.15, 0.2) is 34.8 Å². The van der Waals surface area contributed by atoms with Gasteiger partial charge in [0.25, 0.3) is 5.91 Å². The normalized spacial score (nSPS) is 20.8. The van der Waals surface area contributed by atoms with Gasteiger partial charge in [-0.15, -0.1) is 0 Å². The maximum absolute atomic E-state index is 12.6. The van der Waals surface area contributed by atoms with Gasteiger partial charge >= 0.3 is 5.97 Å². The van der Waals surface area contributed by atoms with Crippen LogP contribution >= 0.6 is 15.9 Å². The fraction of sp³-hybridized carbons (Fsp3) is 0.312. The maximum atomic E-state index is 12.6. The molecule has 0 aliphatic carbocycles. The fourth-order valence-corrected chi connectivity index (χ4v) is 2.89. The highest BCUT2D eigenvalue weighted by Gasteiger charge is 2.33. The summed E-state index contributed by atoms with van der Waals surface area (Å²) in [6, 6.07) is 9.25. The van der Waals surface area contributed by atoms with E-state index in [0.717, 1.165) is 10.0 Å². The van der Waals surface area contributed by atoms with Crippen molar-refractivity contribution in [3.8, 4) is 11.3 Å². The number of aromatic nitrogens is 2. The van der Waals surface area contributed by atoms with Crippen molar-refractivity contribution in [1.82, 2.24) is 15.1 Å². The van der Waals surface area contributed by atoms with Gasteiger partial charge < -0.3 is 14.7 Å². The lowest BCUT2D eigenvalue weighted by Gasteiger charge is -2.34. The number of aliphatic carboxylic acids is 1. The van der Waals surface area contributed by atoms with Crippen LogP contribution in [0.5, 0.6) is 0 Å². The van der Waals surface area contributed by atoms with E-state index in [9.17, 15) is 9.59 Å². The number of halogens is 1. The van der Waals surface area contributed by atoms with Gasteiger partial charge in [-0.1, -0.05) is 28.1 Å². The highest BCUT2D eigenvalue weighted by atomic mass is 79.9. The summed E-state index contributed by atoms with van der Waals surface area (Å²) in [5.74, 6) is -1.35. The van der Waals surface area contributed by atoms with Crippen LogP contribution in [-0.4, -0.2) is 57.4 Å². The summed E-state index contributed by atoms with van der Waals surface area (Å²) >= 11 is 3.37. The molecule has 1 aliphatic rings. The lowest BCUT2D eigenvalue weighted by atomic mass is 10.1. The minimum atomic E-state index is -1.07. The third-order valence-electron chi connectivity index (χ3n) is 3.77. The Morgan fingerprint density at radius 3 is 2.71 bits per heavy atom. The molecule has 1 fully saturated rings. The van der Waals surface area contributed by atoms with E-state index in [-0.39, 0.29) is 18.6 Å².